The summed E-state index contributed by atoms with van der Waals surface area (Å²) < 4.78 is 42.5. The van der Waals surface area contributed by atoms with E-state index in [1.807, 2.05) is 83.4 Å². The van der Waals surface area contributed by atoms with Crippen LogP contribution in [0.4, 0.5) is 10.6 Å². The van der Waals surface area contributed by atoms with Crippen LogP contribution in [-0.2, 0) is 35.6 Å². The van der Waals surface area contributed by atoms with Crippen molar-refractivity contribution in [2.75, 3.05) is 25.6 Å². The minimum atomic E-state index is -2.58. The molecule has 1 aliphatic rings. The van der Waals surface area contributed by atoms with Crippen LogP contribution in [0.3, 0.4) is 0 Å². The highest BCUT2D eigenvalue weighted by atomic mass is 28.4. The summed E-state index contributed by atoms with van der Waals surface area (Å²) in [5.74, 6) is 0.590. The Morgan fingerprint density at radius 3 is 2.03 bits per heavy atom. The fourth-order valence-corrected chi connectivity index (χ4v) is 10.6. The molecule has 0 bridgehead atoms. The van der Waals surface area contributed by atoms with Crippen molar-refractivity contribution in [3.63, 3.8) is 0 Å². The van der Waals surface area contributed by atoms with E-state index in [0.717, 1.165) is 28.0 Å². The molecule has 7 rings (SSSR count). The topological polar surface area (TPSA) is 155 Å². The molecule has 0 saturated carbocycles. The average molecular weight is 968 g/mol. The lowest BCUT2D eigenvalue weighted by molar-refractivity contribution is -0.114. The first-order valence-corrected chi connectivity index (χ1v) is 27.1. The second-order valence-electron chi connectivity index (χ2n) is 19.9. The Morgan fingerprint density at radius 2 is 1.46 bits per heavy atom. The molecule has 1 unspecified atom stereocenters. The van der Waals surface area contributed by atoms with Crippen molar-refractivity contribution in [3.8, 4) is 11.8 Å². The van der Waals surface area contributed by atoms with Gasteiger partial charge < -0.3 is 28.1 Å². The van der Waals surface area contributed by atoms with E-state index in [-0.39, 0.29) is 55.1 Å². The lowest BCUT2D eigenvalue weighted by Gasteiger charge is -2.43. The number of hydrogen-bond acceptors (Lipinski definition) is 12. The number of carbonyl (C=O) groups excluding carboxylic acids is 1. The number of ether oxygens (including phenoxy) is 5. The summed E-state index contributed by atoms with van der Waals surface area (Å²) in [7, 11) is -0.922. The zero-order chi connectivity index (χ0) is 50.1. The number of carbonyl (C=O) groups is 1. The third kappa shape index (κ3) is 11.6. The van der Waals surface area contributed by atoms with Crippen molar-refractivity contribution in [1.29, 1.82) is 5.26 Å². The molecule has 1 N–H and O–H groups in total. The van der Waals surface area contributed by atoms with Crippen molar-refractivity contribution < 1.29 is 32.9 Å². The first kappa shape index (κ1) is 51.8. The van der Waals surface area contributed by atoms with Gasteiger partial charge in [0.25, 0.3) is 0 Å². The summed E-state index contributed by atoms with van der Waals surface area (Å²) in [6, 6.07) is 40.5. The molecule has 14 nitrogen and oxygen atoms in total. The largest absolute Gasteiger partial charge is 0.497 e. The van der Waals surface area contributed by atoms with Gasteiger partial charge in [0.05, 0.1) is 51.3 Å². The standard InChI is InChI=1S/C55H69N7O7Si/c1-38(2)62(39(3)4)47(65-32-20-31-56)33-45-46(35-67-55(41-23-16-12-17-24-41,42-25-18-13-19-26-42)43-27-29-44(64-8)30-28-43)68-52(49(45)69-70(9,10)54(5,6)7)61-37-59-48-50(57-36-58-51(48)61)60-53(63)66-34-40-21-14-11-15-22-40/h11-19,21-30,36-39,45-47,49,52H,20,32-35H2,1-10H3,(H,57,58,60,63)/t45-,46+,47?,49-,52+/m0/s1. The van der Waals surface area contributed by atoms with Crippen LogP contribution in [0.15, 0.2) is 128 Å². The SMILES string of the molecule is COc1ccc(C(OC[C@H]2O[C@@H](n3cnc4c(NC(=O)OCc5ccccc5)ncnc43)[C@@H](O[Si](C)(C)C(C)(C)C)[C@H]2CC(OCCC#N)N(C(C)C)C(C)C)(c2ccccc2)c2ccccc2)cc1. The molecule has 1 fully saturated rings. The summed E-state index contributed by atoms with van der Waals surface area (Å²) in [5.41, 5.74) is 3.35. The zero-order valence-electron chi connectivity index (χ0n) is 42.2. The van der Waals surface area contributed by atoms with Crippen molar-refractivity contribution in [2.24, 2.45) is 5.92 Å². The molecule has 4 aromatic carbocycles. The Bertz CT molecular complexity index is 2590. The molecule has 1 amide bonds. The lowest BCUT2D eigenvalue weighted by atomic mass is 9.80. The van der Waals surface area contributed by atoms with E-state index in [2.05, 4.69) is 119 Å². The van der Waals surface area contributed by atoms with Gasteiger partial charge in [-0.3, -0.25) is 14.8 Å². The molecule has 0 radical (unpaired) electrons. The number of amides is 1. The summed E-state index contributed by atoms with van der Waals surface area (Å²) in [4.78, 5) is 29.5. The number of nitrogens with zero attached hydrogens (tertiary/aromatic N) is 6. The lowest BCUT2D eigenvalue weighted by Crippen LogP contribution is -2.51. The van der Waals surface area contributed by atoms with Gasteiger partial charge in [0.1, 0.15) is 30.5 Å². The summed E-state index contributed by atoms with van der Waals surface area (Å²) >= 11 is 0. The van der Waals surface area contributed by atoms with Crippen LogP contribution in [-0.4, -0.2) is 89.7 Å². The molecule has 70 heavy (non-hydrogen) atoms. The molecule has 1 saturated heterocycles. The van der Waals surface area contributed by atoms with E-state index in [1.165, 1.54) is 6.33 Å². The second kappa shape index (κ2) is 22.8. The van der Waals surface area contributed by atoms with Crippen LogP contribution in [0.1, 0.15) is 89.8 Å². The van der Waals surface area contributed by atoms with Crippen molar-refractivity contribution >= 4 is 31.4 Å². The fraction of sp³-hybridized carbons (Fsp3) is 0.436. The molecule has 370 valence electrons. The number of fused-ring (bicyclic) bond motifs is 1. The van der Waals surface area contributed by atoms with Crippen LogP contribution in [0, 0.1) is 17.2 Å². The Morgan fingerprint density at radius 1 is 0.857 bits per heavy atom. The van der Waals surface area contributed by atoms with Gasteiger partial charge in [-0.25, -0.2) is 19.7 Å². The van der Waals surface area contributed by atoms with E-state index in [4.69, 9.17) is 38.1 Å². The van der Waals surface area contributed by atoms with Gasteiger partial charge in [0.15, 0.2) is 31.5 Å². The van der Waals surface area contributed by atoms with Gasteiger partial charge >= 0.3 is 6.09 Å². The van der Waals surface area contributed by atoms with E-state index in [1.54, 1.807) is 13.4 Å². The normalized spacial score (nSPS) is 18.1. The van der Waals surface area contributed by atoms with E-state index < -0.39 is 44.7 Å². The Hall–Kier alpha value is -5.99. The third-order valence-corrected chi connectivity index (χ3v) is 18.1. The molecule has 6 aromatic rings. The molecule has 1 aliphatic heterocycles. The van der Waals surface area contributed by atoms with Crippen molar-refractivity contribution in [2.45, 2.75) is 128 Å². The van der Waals surface area contributed by atoms with Gasteiger partial charge in [-0.15, -0.1) is 0 Å². The minimum absolute atomic E-state index is 0.0864. The first-order chi connectivity index (χ1) is 33.6. The maximum atomic E-state index is 13.2. The monoisotopic (exact) mass is 968 g/mol. The Labute approximate surface area is 414 Å². The van der Waals surface area contributed by atoms with E-state index in [9.17, 15) is 10.1 Å². The predicted molar refractivity (Wildman–Crippen MR) is 273 cm³/mol. The highest BCUT2D eigenvalue weighted by Gasteiger charge is 2.53. The molecule has 15 heteroatoms. The highest BCUT2D eigenvalue weighted by molar-refractivity contribution is 6.74. The molecule has 0 spiro atoms. The van der Waals surface area contributed by atoms with Gasteiger partial charge in [0.2, 0.25) is 0 Å². The predicted octanol–water partition coefficient (Wildman–Crippen LogP) is 11.3. The fourth-order valence-electron chi connectivity index (χ4n) is 9.24. The number of benzene rings is 4. The average Bonchev–Trinajstić information content (AvgIpc) is 3.92. The van der Waals surface area contributed by atoms with Crippen LogP contribution < -0.4 is 10.1 Å². The molecular formula is C55H69N7O7Si. The number of nitrogens with one attached hydrogen (secondary N) is 1. The van der Waals surface area contributed by atoms with E-state index >= 15 is 0 Å². The first-order valence-electron chi connectivity index (χ1n) is 24.2. The number of imidazole rings is 1. The number of methoxy groups -OCH3 is 1. The highest BCUT2D eigenvalue weighted by Crippen LogP contribution is 2.48. The third-order valence-electron chi connectivity index (χ3n) is 13.6. The number of hydrogen-bond donors (Lipinski definition) is 1. The number of anilines is 1. The van der Waals surface area contributed by atoms with Crippen LogP contribution >= 0.6 is 0 Å². The van der Waals surface area contributed by atoms with Gasteiger partial charge in [-0.1, -0.05) is 124 Å². The van der Waals surface area contributed by atoms with Crippen LogP contribution in [0.25, 0.3) is 11.2 Å². The second-order valence-corrected chi connectivity index (χ2v) is 24.6. The van der Waals surface area contributed by atoms with Crippen molar-refractivity contribution in [3.05, 3.63) is 150 Å². The number of nitriles is 1. The smallest absolute Gasteiger partial charge is 0.413 e. The number of rotatable bonds is 21. The van der Waals surface area contributed by atoms with Crippen LogP contribution in [0.2, 0.25) is 18.1 Å². The molecule has 3 heterocycles. The Kier molecular flexibility index (Phi) is 16.9. The molecule has 2 aromatic heterocycles. The maximum absolute atomic E-state index is 13.2. The van der Waals surface area contributed by atoms with Gasteiger partial charge in [-0.2, -0.15) is 5.26 Å². The summed E-state index contributed by atoms with van der Waals surface area (Å²) in [6.45, 7) is 20.3. The Balaban J connectivity index is 1.36. The van der Waals surface area contributed by atoms with Crippen molar-refractivity contribution in [1.82, 2.24) is 24.4 Å². The van der Waals surface area contributed by atoms with Gasteiger partial charge in [-0.05, 0) is 86.6 Å². The summed E-state index contributed by atoms with van der Waals surface area (Å²) in [6.07, 6.45) is 0.803. The zero-order valence-corrected chi connectivity index (χ0v) is 43.2. The molecule has 0 aliphatic carbocycles. The molecule has 5 atom stereocenters. The maximum Gasteiger partial charge on any atom is 0.413 e. The molecular weight excluding hydrogens is 899 g/mol. The van der Waals surface area contributed by atoms with Gasteiger partial charge in [0, 0.05) is 18.0 Å². The van der Waals surface area contributed by atoms with E-state index in [0.29, 0.717) is 17.6 Å². The quantitative estimate of drug-likeness (QED) is 0.0316. The minimum Gasteiger partial charge on any atom is -0.497 e. The van der Waals surface area contributed by atoms with Crippen LogP contribution in [0.5, 0.6) is 5.75 Å². The summed E-state index contributed by atoms with van der Waals surface area (Å²) in [5, 5.41) is 12.3. The number of aromatic nitrogens is 4.